The number of hydrogen-bond acceptors (Lipinski definition) is 3. The molecule has 2 atom stereocenters. The molecule has 0 bridgehead atoms. The standard InChI is InChI=1S/C15H17BrN2OS/c1-8-6-18(7-9(8)2)15(19)14-13(17)12-10(16)4-3-5-11(12)20-14/h3-5,8-9H,6-7,17H2,1-2H3. The molecule has 0 radical (unpaired) electrons. The third-order valence-electron chi connectivity index (χ3n) is 4.17. The Bertz CT molecular complexity index is 672. The van der Waals surface area contributed by atoms with Gasteiger partial charge < -0.3 is 10.6 Å². The van der Waals surface area contributed by atoms with Crippen molar-refractivity contribution in [1.82, 2.24) is 4.90 Å². The van der Waals surface area contributed by atoms with Gasteiger partial charge in [0.25, 0.3) is 5.91 Å². The van der Waals surface area contributed by atoms with Crippen molar-refractivity contribution in [1.29, 1.82) is 0 Å². The van der Waals surface area contributed by atoms with Crippen molar-refractivity contribution in [2.45, 2.75) is 13.8 Å². The van der Waals surface area contributed by atoms with E-state index in [4.69, 9.17) is 5.73 Å². The molecule has 2 aromatic rings. The van der Waals surface area contributed by atoms with Crippen LogP contribution >= 0.6 is 27.3 Å². The van der Waals surface area contributed by atoms with Gasteiger partial charge in [-0.25, -0.2) is 0 Å². The average Bonchev–Trinajstić information content (AvgIpc) is 2.91. The van der Waals surface area contributed by atoms with Gasteiger partial charge in [0.15, 0.2) is 0 Å². The van der Waals surface area contributed by atoms with Crippen LogP contribution in [0.3, 0.4) is 0 Å². The first-order chi connectivity index (χ1) is 9.49. The Kier molecular flexibility index (Phi) is 3.50. The first-order valence-electron chi connectivity index (χ1n) is 6.74. The van der Waals surface area contributed by atoms with Crippen LogP contribution in [0, 0.1) is 11.8 Å². The number of anilines is 1. The van der Waals surface area contributed by atoms with Crippen LogP contribution in [-0.2, 0) is 0 Å². The van der Waals surface area contributed by atoms with Crippen molar-refractivity contribution in [3.05, 3.63) is 27.5 Å². The van der Waals surface area contributed by atoms with Crippen molar-refractivity contribution < 1.29 is 4.79 Å². The Labute approximate surface area is 130 Å². The highest BCUT2D eigenvalue weighted by molar-refractivity contribution is 9.10. The maximum Gasteiger partial charge on any atom is 0.266 e. The zero-order valence-corrected chi connectivity index (χ0v) is 13.9. The molecular formula is C15H17BrN2OS. The van der Waals surface area contributed by atoms with Crippen molar-refractivity contribution >= 4 is 48.9 Å². The molecule has 1 aliphatic heterocycles. The molecule has 1 aliphatic rings. The number of nitrogen functional groups attached to an aromatic ring is 1. The maximum atomic E-state index is 12.7. The van der Waals surface area contributed by atoms with Gasteiger partial charge in [-0.2, -0.15) is 0 Å². The minimum atomic E-state index is 0.0757. The Morgan fingerprint density at radius 1 is 1.35 bits per heavy atom. The monoisotopic (exact) mass is 352 g/mol. The van der Waals surface area contributed by atoms with E-state index in [1.165, 1.54) is 11.3 Å². The second-order valence-electron chi connectivity index (χ2n) is 5.62. The van der Waals surface area contributed by atoms with Crippen molar-refractivity contribution in [3.8, 4) is 0 Å². The number of carbonyl (C=O) groups excluding carboxylic acids is 1. The van der Waals surface area contributed by atoms with Gasteiger partial charge in [-0.1, -0.05) is 35.8 Å². The lowest BCUT2D eigenvalue weighted by atomic mass is 10.0. The number of benzene rings is 1. The Morgan fingerprint density at radius 2 is 2.00 bits per heavy atom. The van der Waals surface area contributed by atoms with Gasteiger partial charge in [0.1, 0.15) is 4.88 Å². The highest BCUT2D eigenvalue weighted by Gasteiger charge is 2.32. The number of amides is 1. The third-order valence-corrected chi connectivity index (χ3v) is 5.99. The molecule has 0 spiro atoms. The zero-order valence-electron chi connectivity index (χ0n) is 11.5. The molecule has 2 heterocycles. The Morgan fingerprint density at radius 3 is 2.60 bits per heavy atom. The summed E-state index contributed by atoms with van der Waals surface area (Å²) >= 11 is 5.00. The number of carbonyl (C=O) groups is 1. The van der Waals surface area contributed by atoms with Crippen LogP contribution < -0.4 is 5.73 Å². The Hall–Kier alpha value is -1.07. The molecule has 0 saturated carbocycles. The number of thiophene rings is 1. The fourth-order valence-electron chi connectivity index (χ4n) is 2.73. The summed E-state index contributed by atoms with van der Waals surface area (Å²) in [5.74, 6) is 1.19. The summed E-state index contributed by atoms with van der Waals surface area (Å²) in [7, 11) is 0. The van der Waals surface area contributed by atoms with Crippen molar-refractivity contribution in [3.63, 3.8) is 0 Å². The molecule has 106 valence electrons. The Balaban J connectivity index is 2.01. The van der Waals surface area contributed by atoms with Crippen molar-refractivity contribution in [2.75, 3.05) is 18.8 Å². The van der Waals surface area contributed by atoms with Crippen LogP contribution in [0.15, 0.2) is 22.7 Å². The van der Waals surface area contributed by atoms with E-state index in [1.54, 1.807) is 0 Å². The van der Waals surface area contributed by atoms with Crippen LogP contribution in [0.4, 0.5) is 5.69 Å². The first-order valence-corrected chi connectivity index (χ1v) is 8.35. The normalized spacial score (nSPS) is 22.6. The summed E-state index contributed by atoms with van der Waals surface area (Å²) < 4.78 is 2.01. The van der Waals surface area contributed by atoms with Crippen LogP contribution in [0.2, 0.25) is 0 Å². The molecule has 2 unspecified atom stereocenters. The lowest BCUT2D eigenvalue weighted by Crippen LogP contribution is -2.28. The molecule has 0 aliphatic carbocycles. The molecule has 3 rings (SSSR count). The van der Waals surface area contributed by atoms with Gasteiger partial charge in [-0.3, -0.25) is 4.79 Å². The van der Waals surface area contributed by atoms with Crippen LogP contribution in [0.5, 0.6) is 0 Å². The summed E-state index contributed by atoms with van der Waals surface area (Å²) in [6.07, 6.45) is 0. The molecule has 1 saturated heterocycles. The molecule has 1 fully saturated rings. The van der Waals surface area contributed by atoms with Gasteiger partial charge in [0.2, 0.25) is 0 Å². The molecule has 20 heavy (non-hydrogen) atoms. The number of hydrogen-bond donors (Lipinski definition) is 1. The molecule has 2 N–H and O–H groups in total. The number of nitrogens with zero attached hydrogens (tertiary/aromatic N) is 1. The van der Waals surface area contributed by atoms with E-state index < -0.39 is 0 Å². The molecule has 1 aromatic heterocycles. The molecular weight excluding hydrogens is 336 g/mol. The van der Waals surface area contributed by atoms with Gasteiger partial charge >= 0.3 is 0 Å². The first kappa shape index (κ1) is 13.9. The lowest BCUT2D eigenvalue weighted by molar-refractivity contribution is 0.0791. The van der Waals surface area contributed by atoms with Gasteiger partial charge in [0.05, 0.1) is 5.69 Å². The summed E-state index contributed by atoms with van der Waals surface area (Å²) in [5.41, 5.74) is 6.82. The predicted octanol–water partition coefficient (Wildman–Crippen LogP) is 3.97. The molecule has 3 nitrogen and oxygen atoms in total. The topological polar surface area (TPSA) is 46.3 Å². The largest absolute Gasteiger partial charge is 0.397 e. The molecule has 5 heteroatoms. The van der Waals surface area contributed by atoms with Gasteiger partial charge in [-0.15, -0.1) is 11.3 Å². The average molecular weight is 353 g/mol. The van der Waals surface area contributed by atoms with E-state index in [0.717, 1.165) is 27.6 Å². The second kappa shape index (κ2) is 5.04. The predicted molar refractivity (Wildman–Crippen MR) is 88.2 cm³/mol. The fraction of sp³-hybridized carbons (Fsp3) is 0.400. The quantitative estimate of drug-likeness (QED) is 0.843. The minimum absolute atomic E-state index is 0.0757. The van der Waals surface area contributed by atoms with Crippen LogP contribution in [0.1, 0.15) is 23.5 Å². The number of rotatable bonds is 1. The molecule has 1 aromatic carbocycles. The minimum Gasteiger partial charge on any atom is -0.397 e. The van der Waals surface area contributed by atoms with E-state index in [1.807, 2.05) is 23.1 Å². The summed E-state index contributed by atoms with van der Waals surface area (Å²) in [5, 5.41) is 0.959. The van der Waals surface area contributed by atoms with Crippen LogP contribution in [0.25, 0.3) is 10.1 Å². The zero-order chi connectivity index (χ0) is 14.4. The molecule has 1 amide bonds. The smallest absolute Gasteiger partial charge is 0.266 e. The van der Waals surface area contributed by atoms with E-state index in [2.05, 4.69) is 29.8 Å². The van der Waals surface area contributed by atoms with Crippen molar-refractivity contribution in [2.24, 2.45) is 11.8 Å². The van der Waals surface area contributed by atoms with E-state index in [9.17, 15) is 4.79 Å². The number of fused-ring (bicyclic) bond motifs is 1. The van der Waals surface area contributed by atoms with Crippen LogP contribution in [-0.4, -0.2) is 23.9 Å². The number of nitrogens with two attached hydrogens (primary N) is 1. The van der Waals surface area contributed by atoms with Gasteiger partial charge in [-0.05, 0) is 24.0 Å². The summed E-state index contributed by atoms with van der Waals surface area (Å²) in [6.45, 7) is 6.05. The second-order valence-corrected chi connectivity index (χ2v) is 7.53. The summed E-state index contributed by atoms with van der Waals surface area (Å²) in [6, 6.07) is 5.93. The van der Waals surface area contributed by atoms with E-state index >= 15 is 0 Å². The van der Waals surface area contributed by atoms with E-state index in [0.29, 0.717) is 22.4 Å². The van der Waals surface area contributed by atoms with E-state index in [-0.39, 0.29) is 5.91 Å². The number of halogens is 1. The highest BCUT2D eigenvalue weighted by atomic mass is 79.9. The third kappa shape index (κ3) is 2.13. The van der Waals surface area contributed by atoms with Gasteiger partial charge in [0, 0.05) is 27.6 Å². The maximum absolute atomic E-state index is 12.7. The fourth-order valence-corrected chi connectivity index (χ4v) is 4.56. The SMILES string of the molecule is CC1CN(C(=O)c2sc3cccc(Br)c3c2N)CC1C. The summed E-state index contributed by atoms with van der Waals surface area (Å²) in [4.78, 5) is 15.3. The lowest BCUT2D eigenvalue weighted by Gasteiger charge is -2.15. The number of likely N-dealkylation sites (tertiary alicyclic amines) is 1. The highest BCUT2D eigenvalue weighted by Crippen LogP contribution is 2.39.